The molecule has 0 radical (unpaired) electrons. The van der Waals surface area contributed by atoms with Gasteiger partial charge in [-0.1, -0.05) is 33.1 Å². The summed E-state index contributed by atoms with van der Waals surface area (Å²) in [5.74, 6) is 3.36. The van der Waals surface area contributed by atoms with Crippen molar-refractivity contribution in [3.8, 4) is 0 Å². The number of nitrogens with one attached hydrogen (secondary N) is 2. The van der Waals surface area contributed by atoms with Crippen molar-refractivity contribution in [1.29, 1.82) is 0 Å². The average molecular weight is 308 g/mol. The molecule has 0 bridgehead atoms. The minimum Gasteiger partial charge on any atom is -0.357 e. The molecule has 1 unspecified atom stereocenters. The number of unbranched alkanes of at least 4 members (excludes halogenated alkanes) is 1. The predicted octanol–water partition coefficient (Wildman–Crippen LogP) is 2.40. The molecule has 0 fully saturated rings. The largest absolute Gasteiger partial charge is 0.357 e. The third kappa shape index (κ3) is 6.03. The molecule has 0 saturated carbocycles. The Labute approximate surface area is 134 Å². The SMILES string of the molecule is CCCCC(CC)CNC(=NCc1nnc(C)n1C)NCC. The second-order valence-corrected chi connectivity index (χ2v) is 5.72. The minimum absolute atomic E-state index is 0.540. The van der Waals surface area contributed by atoms with Crippen LogP contribution >= 0.6 is 0 Å². The van der Waals surface area contributed by atoms with Crippen LogP contribution in [0.2, 0.25) is 0 Å². The third-order valence-corrected chi connectivity index (χ3v) is 4.01. The summed E-state index contributed by atoms with van der Waals surface area (Å²) in [7, 11) is 1.97. The van der Waals surface area contributed by atoms with Crippen LogP contribution in [0.25, 0.3) is 0 Å². The second kappa shape index (κ2) is 10.2. The number of aromatic nitrogens is 3. The van der Waals surface area contributed by atoms with Crippen molar-refractivity contribution >= 4 is 5.96 Å². The first-order valence-corrected chi connectivity index (χ1v) is 8.49. The molecular weight excluding hydrogens is 276 g/mol. The van der Waals surface area contributed by atoms with Gasteiger partial charge in [0.2, 0.25) is 0 Å². The maximum Gasteiger partial charge on any atom is 0.191 e. The molecule has 2 N–H and O–H groups in total. The summed E-state index contributed by atoms with van der Waals surface area (Å²) in [5.41, 5.74) is 0. The van der Waals surface area contributed by atoms with Crippen LogP contribution in [0.4, 0.5) is 0 Å². The standard InChI is InChI=1S/C16H32N6/c1-6-9-10-14(7-2)11-18-16(17-8-3)19-12-15-21-20-13(4)22(15)5/h14H,6-12H2,1-5H3,(H2,17,18,19). The van der Waals surface area contributed by atoms with Crippen LogP contribution in [0.1, 0.15) is 58.1 Å². The molecule has 1 rings (SSSR count). The number of hydrogen-bond acceptors (Lipinski definition) is 3. The van der Waals surface area contributed by atoms with E-state index >= 15 is 0 Å². The van der Waals surface area contributed by atoms with Gasteiger partial charge in [-0.3, -0.25) is 0 Å². The smallest absolute Gasteiger partial charge is 0.191 e. The van der Waals surface area contributed by atoms with E-state index in [2.05, 4.69) is 46.6 Å². The lowest BCUT2D eigenvalue weighted by Crippen LogP contribution is -2.39. The number of hydrogen-bond donors (Lipinski definition) is 2. The van der Waals surface area contributed by atoms with E-state index in [0.717, 1.165) is 30.7 Å². The van der Waals surface area contributed by atoms with E-state index in [9.17, 15) is 0 Å². The molecule has 6 nitrogen and oxygen atoms in total. The fourth-order valence-electron chi connectivity index (χ4n) is 2.26. The van der Waals surface area contributed by atoms with Crippen molar-refractivity contribution in [1.82, 2.24) is 25.4 Å². The molecule has 22 heavy (non-hydrogen) atoms. The van der Waals surface area contributed by atoms with Crippen molar-refractivity contribution in [2.45, 2.75) is 59.9 Å². The van der Waals surface area contributed by atoms with Gasteiger partial charge in [-0.05, 0) is 26.2 Å². The normalized spacial score (nSPS) is 13.2. The van der Waals surface area contributed by atoms with Gasteiger partial charge in [-0.25, -0.2) is 4.99 Å². The van der Waals surface area contributed by atoms with Gasteiger partial charge in [0.1, 0.15) is 12.4 Å². The zero-order chi connectivity index (χ0) is 16.4. The summed E-state index contributed by atoms with van der Waals surface area (Å²) in [6.45, 7) is 10.9. The Morgan fingerprint density at radius 3 is 2.55 bits per heavy atom. The highest BCUT2D eigenvalue weighted by atomic mass is 15.3. The van der Waals surface area contributed by atoms with Crippen molar-refractivity contribution in [2.75, 3.05) is 13.1 Å². The molecule has 1 aromatic heterocycles. The second-order valence-electron chi connectivity index (χ2n) is 5.72. The molecule has 1 heterocycles. The summed E-state index contributed by atoms with van der Waals surface area (Å²) in [5, 5.41) is 15.0. The van der Waals surface area contributed by atoms with Gasteiger partial charge in [0.15, 0.2) is 11.8 Å². The number of aliphatic imine (C=N–C) groups is 1. The van der Waals surface area contributed by atoms with E-state index in [1.54, 1.807) is 0 Å². The molecule has 0 aromatic carbocycles. The summed E-state index contributed by atoms with van der Waals surface area (Å²) >= 11 is 0. The van der Waals surface area contributed by atoms with Crippen molar-refractivity contribution in [2.24, 2.45) is 18.0 Å². The van der Waals surface area contributed by atoms with E-state index in [1.165, 1.54) is 25.7 Å². The first kappa shape index (κ1) is 18.5. The van der Waals surface area contributed by atoms with E-state index in [0.29, 0.717) is 12.5 Å². The van der Waals surface area contributed by atoms with Gasteiger partial charge in [-0.15, -0.1) is 10.2 Å². The van der Waals surface area contributed by atoms with Crippen LogP contribution in [-0.4, -0.2) is 33.8 Å². The summed E-state index contributed by atoms with van der Waals surface area (Å²) in [4.78, 5) is 4.62. The highest BCUT2D eigenvalue weighted by Crippen LogP contribution is 2.11. The van der Waals surface area contributed by atoms with Gasteiger partial charge in [-0.2, -0.15) is 0 Å². The van der Waals surface area contributed by atoms with Crippen LogP contribution in [0.5, 0.6) is 0 Å². The highest BCUT2D eigenvalue weighted by molar-refractivity contribution is 5.79. The Kier molecular flexibility index (Phi) is 8.55. The van der Waals surface area contributed by atoms with Gasteiger partial charge in [0.05, 0.1) is 0 Å². The molecule has 0 amide bonds. The quantitative estimate of drug-likeness (QED) is 0.543. The van der Waals surface area contributed by atoms with E-state index in [1.807, 2.05) is 18.5 Å². The summed E-state index contributed by atoms with van der Waals surface area (Å²) in [6.07, 6.45) is 5.04. The highest BCUT2D eigenvalue weighted by Gasteiger charge is 2.08. The first-order valence-electron chi connectivity index (χ1n) is 8.49. The van der Waals surface area contributed by atoms with Gasteiger partial charge < -0.3 is 15.2 Å². The van der Waals surface area contributed by atoms with Crippen molar-refractivity contribution < 1.29 is 0 Å². The van der Waals surface area contributed by atoms with Crippen molar-refractivity contribution in [3.05, 3.63) is 11.6 Å². The molecule has 126 valence electrons. The molecule has 0 saturated heterocycles. The predicted molar refractivity (Wildman–Crippen MR) is 91.9 cm³/mol. The molecular formula is C16H32N6. The summed E-state index contributed by atoms with van der Waals surface area (Å²) in [6, 6.07) is 0. The Bertz CT molecular complexity index is 451. The topological polar surface area (TPSA) is 67.1 Å². The average Bonchev–Trinajstić information content (AvgIpc) is 2.84. The van der Waals surface area contributed by atoms with Gasteiger partial charge >= 0.3 is 0 Å². The van der Waals surface area contributed by atoms with Gasteiger partial charge in [0, 0.05) is 20.1 Å². The number of guanidine groups is 1. The Hall–Kier alpha value is -1.59. The molecule has 0 aliphatic heterocycles. The Morgan fingerprint density at radius 2 is 2.00 bits per heavy atom. The van der Waals surface area contributed by atoms with Gasteiger partial charge in [0.25, 0.3) is 0 Å². The minimum atomic E-state index is 0.540. The summed E-state index contributed by atoms with van der Waals surface area (Å²) < 4.78 is 1.98. The molecule has 0 spiro atoms. The molecule has 6 heteroatoms. The lowest BCUT2D eigenvalue weighted by atomic mass is 9.99. The molecule has 0 aliphatic carbocycles. The molecule has 0 aliphatic rings. The maximum atomic E-state index is 4.62. The van der Waals surface area contributed by atoms with Crippen molar-refractivity contribution in [3.63, 3.8) is 0 Å². The van der Waals surface area contributed by atoms with Crippen LogP contribution in [0, 0.1) is 12.8 Å². The zero-order valence-electron chi connectivity index (χ0n) is 14.8. The monoisotopic (exact) mass is 308 g/mol. The maximum absolute atomic E-state index is 4.62. The number of aryl methyl sites for hydroxylation is 1. The number of nitrogens with zero attached hydrogens (tertiary/aromatic N) is 4. The third-order valence-electron chi connectivity index (χ3n) is 4.01. The van der Waals surface area contributed by atoms with Crippen LogP contribution < -0.4 is 10.6 Å². The lowest BCUT2D eigenvalue weighted by Gasteiger charge is -2.17. The molecule has 1 atom stereocenters. The first-order chi connectivity index (χ1) is 10.6. The Morgan fingerprint density at radius 1 is 1.23 bits per heavy atom. The van der Waals surface area contributed by atoms with Crippen LogP contribution in [-0.2, 0) is 13.6 Å². The van der Waals surface area contributed by atoms with E-state index in [-0.39, 0.29) is 0 Å². The van der Waals surface area contributed by atoms with Crippen LogP contribution in [0.15, 0.2) is 4.99 Å². The van der Waals surface area contributed by atoms with E-state index in [4.69, 9.17) is 0 Å². The fourth-order valence-corrected chi connectivity index (χ4v) is 2.26. The lowest BCUT2D eigenvalue weighted by molar-refractivity contribution is 0.443. The number of rotatable bonds is 9. The molecule has 1 aromatic rings. The van der Waals surface area contributed by atoms with E-state index < -0.39 is 0 Å². The van der Waals surface area contributed by atoms with Crippen LogP contribution in [0.3, 0.4) is 0 Å². The Balaban J connectivity index is 2.56. The fraction of sp³-hybridized carbons (Fsp3) is 0.812. The zero-order valence-corrected chi connectivity index (χ0v) is 14.8.